The molecule has 5 aromatic rings. The Labute approximate surface area is 456 Å². The summed E-state index contributed by atoms with van der Waals surface area (Å²) in [6.45, 7) is 4.20. The van der Waals surface area contributed by atoms with Crippen LogP contribution >= 0.6 is 49.7 Å². The topological polar surface area (TPSA) is 553 Å². The second-order valence-corrected chi connectivity index (χ2v) is 14.2. The number of thiazole rings is 2. The van der Waals surface area contributed by atoms with Crippen molar-refractivity contribution in [1.29, 1.82) is 0 Å². The van der Waals surface area contributed by atoms with Gasteiger partial charge in [0.25, 0.3) is 0 Å². The molecular formula is C39H64CoN19O11S4-. The Hall–Kier alpha value is -7.20. The van der Waals surface area contributed by atoms with Crippen molar-refractivity contribution in [3.8, 4) is 0 Å². The normalized spacial score (nSPS) is 12.6. The third kappa shape index (κ3) is 26.5. The molecule has 0 spiro atoms. The first-order chi connectivity index (χ1) is 30.6. The second-order valence-electron chi connectivity index (χ2n) is 12.2. The molecule has 415 valence electrons. The number of aliphatic hydroxyl groups is 2. The van der Waals surface area contributed by atoms with Crippen molar-refractivity contribution in [2.24, 2.45) is 68.1 Å². The number of carbonyl (C=O) groups is 2. The van der Waals surface area contributed by atoms with Crippen LogP contribution in [0.2, 0.25) is 0 Å². The number of nitrogens with two attached hydrogens (primary N) is 4. The van der Waals surface area contributed by atoms with Gasteiger partial charge in [0.1, 0.15) is 28.6 Å². The Morgan fingerprint density at radius 2 is 1.15 bits per heavy atom. The van der Waals surface area contributed by atoms with Crippen LogP contribution in [0.25, 0.3) is 0 Å². The van der Waals surface area contributed by atoms with Crippen LogP contribution in [0.15, 0.2) is 146 Å². The van der Waals surface area contributed by atoms with Crippen molar-refractivity contribution in [3.63, 3.8) is 0 Å². The molecule has 0 saturated heterocycles. The Kier molecular flexibility index (Phi) is 47.8. The van der Waals surface area contributed by atoms with E-state index in [9.17, 15) is 40.0 Å². The number of carbonyl (C=O) groups excluding carboxylic acids is 2. The van der Waals surface area contributed by atoms with Crippen molar-refractivity contribution in [2.75, 3.05) is 5.32 Å². The van der Waals surface area contributed by atoms with E-state index in [-0.39, 0.29) is 141 Å². The van der Waals surface area contributed by atoms with Crippen LogP contribution in [-0.4, -0.2) is 64.0 Å². The second kappa shape index (κ2) is 42.3. The van der Waals surface area contributed by atoms with Gasteiger partial charge in [-0.3, -0.25) is 63.4 Å². The number of hydrazine groups is 2. The van der Waals surface area contributed by atoms with E-state index in [1.54, 1.807) is 0 Å². The first-order valence-corrected chi connectivity index (χ1v) is 19.4. The van der Waals surface area contributed by atoms with Crippen LogP contribution in [0, 0.1) is 34.1 Å². The van der Waals surface area contributed by atoms with Gasteiger partial charge in [0.05, 0.1) is 36.3 Å². The molecule has 2 aliphatic rings. The molecule has 7 rings (SSSR count). The van der Waals surface area contributed by atoms with E-state index in [4.69, 9.17) is 0 Å². The van der Waals surface area contributed by atoms with Crippen molar-refractivity contribution >= 4 is 106 Å². The number of azo groups is 1. The number of aryl methyl sites for hydroxylation is 4. The van der Waals surface area contributed by atoms with Crippen molar-refractivity contribution in [2.45, 2.75) is 28.7 Å². The van der Waals surface area contributed by atoms with E-state index >= 15 is 0 Å². The molecule has 2 aliphatic carbocycles. The van der Waals surface area contributed by atoms with E-state index in [1.807, 2.05) is 59.9 Å². The number of imidazole rings is 1. The van der Waals surface area contributed by atoms with Crippen LogP contribution in [0.1, 0.15) is 26.0 Å². The van der Waals surface area contributed by atoms with Crippen molar-refractivity contribution < 1.29 is 67.4 Å². The van der Waals surface area contributed by atoms with Crippen LogP contribution in [0.4, 0.5) is 33.0 Å². The number of aliphatic hydroxyl groups excluding tert-OH is 2. The van der Waals surface area contributed by atoms with Crippen LogP contribution < -0.4 is 65.1 Å². The molecule has 30 nitrogen and oxygen atoms in total. The fourth-order valence-corrected chi connectivity index (χ4v) is 5.71. The van der Waals surface area contributed by atoms with E-state index in [0.717, 1.165) is 70.2 Å². The monoisotopic (exact) mass is 1160 g/mol. The number of hydrogen-bond acceptors (Lipinski definition) is 23. The maximum absolute atomic E-state index is 10.9. The number of nitro groups is 2. The molecule has 0 atom stereocenters. The van der Waals surface area contributed by atoms with Gasteiger partial charge in [-0.15, -0.1) is 0 Å². The third-order valence-electron chi connectivity index (χ3n) is 7.64. The largest absolute Gasteiger partial charge is 0.506 e. The Morgan fingerprint density at radius 1 is 0.716 bits per heavy atom. The number of nitrogens with zero attached hydrogens (tertiary/aromatic N) is 12. The molecule has 1 radical (unpaired) electrons. The van der Waals surface area contributed by atoms with Crippen molar-refractivity contribution in [3.05, 3.63) is 156 Å². The number of benzene rings is 2. The summed E-state index contributed by atoms with van der Waals surface area (Å²) in [5.74, 6) is 15.5. The number of nitrogens with one attached hydrogen (secondary N) is 1. The van der Waals surface area contributed by atoms with Crippen LogP contribution in [-0.2, 0) is 40.5 Å². The van der Waals surface area contributed by atoms with Gasteiger partial charge < -0.3 is 64.4 Å². The van der Waals surface area contributed by atoms with E-state index < -0.39 is 9.85 Å². The van der Waals surface area contributed by atoms with Gasteiger partial charge in [0.15, 0.2) is 11.6 Å². The zero-order chi connectivity index (χ0) is 47.3. The smallest absolute Gasteiger partial charge is 0.421 e. The summed E-state index contributed by atoms with van der Waals surface area (Å²) in [4.78, 5) is 48.9. The summed E-state index contributed by atoms with van der Waals surface area (Å²) in [6, 6.07) is 14.3. The summed E-state index contributed by atoms with van der Waals surface area (Å²) in [5, 5.41) is 65.9. The number of allylic oxidation sites excluding steroid dienone is 6. The maximum atomic E-state index is 10.9. The average Bonchev–Trinajstić information content (AvgIpc) is 4.04. The van der Waals surface area contributed by atoms with Gasteiger partial charge in [-0.05, 0) is 79.6 Å². The van der Waals surface area contributed by atoms with E-state index in [0.29, 0.717) is 0 Å². The minimum atomic E-state index is -0.583. The third-order valence-corrected chi connectivity index (χ3v) is 9.31. The average molecular weight is 1160 g/mol. The first kappa shape index (κ1) is 83.6. The Bertz CT molecular complexity index is 2720. The molecule has 0 bridgehead atoms. The molecule has 74 heavy (non-hydrogen) atoms. The van der Waals surface area contributed by atoms with Crippen LogP contribution in [0.5, 0.6) is 0 Å². The van der Waals surface area contributed by atoms with Gasteiger partial charge in [0, 0.05) is 67.4 Å². The number of aromatic nitrogens is 4. The Morgan fingerprint density at radius 3 is 1.51 bits per heavy atom. The number of ketones is 2. The van der Waals surface area contributed by atoms with Crippen LogP contribution in [0.3, 0.4) is 0 Å². The summed E-state index contributed by atoms with van der Waals surface area (Å²) >= 11 is 1.51. The zero-order valence-electron chi connectivity index (χ0n) is 38.4. The molecule has 0 unspecified atom stereocenters. The molecular weight excluding hydrogens is 1100 g/mol. The van der Waals surface area contributed by atoms with E-state index in [2.05, 4.69) is 101 Å². The zero-order valence-corrected chi connectivity index (χ0v) is 43.1. The predicted molar refractivity (Wildman–Crippen MR) is 293 cm³/mol. The fourth-order valence-electron chi connectivity index (χ4n) is 4.61. The first-order valence-electron chi connectivity index (χ1n) is 17.7. The molecule has 0 fully saturated rings. The minimum absolute atomic E-state index is 0. The SMILES string of the molecule is C.C.Cc1ccc(C)c(Nc2ccc(N=Nc3n(C)cc[n+]3C)cc2)c1.N.N.NN.NN.O.O.O.O=C1C=CC(=NN=c2[n-]cc([N+](=O)[O-])s2)C(O)=C1.O=C1C=CC(=NN=c2[n-]cc([N+](=O)[O-])s2)C(O)=C1.S.S.[Co]. The van der Waals surface area contributed by atoms with Gasteiger partial charge in [0.2, 0.25) is 0 Å². The van der Waals surface area contributed by atoms with E-state index in [1.165, 1.54) is 35.4 Å². The standard InChI is InChI=1S/C19H21N5.2C9H6N4O4S.2CH4.Co.2H4N2.2H3N.3H2O.2H2S/c1-14-5-6-15(2)18(13-14)20-16-7-9-17(10-8-16)21-22-19-23(3)11-12-24(19)4;2*14-5-1-2-6(7(15)3-5)11-12-9-10-4-8(18-9)13(16)17;;;;2*1-2;;;;;;;/h5-13H,1-4H3;2*1-4H,(H2,10,12,14,15);2*1H4;;2*1-2H2;2*1H3;5*1H2/p-1. The summed E-state index contributed by atoms with van der Waals surface area (Å²) in [6.07, 6.45) is 13.1. The maximum Gasteiger partial charge on any atom is 0.421 e. The van der Waals surface area contributed by atoms with Crippen molar-refractivity contribution in [1.82, 2.24) is 26.8 Å². The molecule has 0 saturated carbocycles. The molecule has 0 amide bonds. The van der Waals surface area contributed by atoms with Gasteiger partial charge in [-0.1, -0.05) is 54.8 Å². The molecule has 3 heterocycles. The van der Waals surface area contributed by atoms with Gasteiger partial charge in [-0.2, -0.15) is 27.0 Å². The summed E-state index contributed by atoms with van der Waals surface area (Å²) < 4.78 is 3.86. The number of rotatable bonds is 8. The Balaban J connectivity index is -0.000000135. The number of anilines is 2. The summed E-state index contributed by atoms with van der Waals surface area (Å²) in [5.41, 5.74) is 5.62. The minimum Gasteiger partial charge on any atom is -0.506 e. The number of hydrogen-bond donors (Lipinski definition) is 9. The molecule has 23 N–H and O–H groups in total. The molecule has 2 aromatic carbocycles. The fraction of sp³-hybridized carbons (Fsp3) is 0.154. The van der Waals surface area contributed by atoms with Gasteiger partial charge in [-0.25, -0.2) is 9.13 Å². The molecule has 3 aromatic heterocycles. The summed E-state index contributed by atoms with van der Waals surface area (Å²) in [7, 11) is 3.90. The predicted octanol–water partition coefficient (Wildman–Crippen LogP) is 2.51. The quantitative estimate of drug-likeness (QED) is 0.0269. The van der Waals surface area contributed by atoms with Gasteiger partial charge >= 0.3 is 16.0 Å². The molecule has 0 aliphatic heterocycles. The molecule has 35 heteroatoms.